The average molecular weight is 220 g/mol. The maximum atomic E-state index is 11.6. The van der Waals surface area contributed by atoms with Crippen LogP contribution in [0.2, 0.25) is 0 Å². The van der Waals surface area contributed by atoms with Gasteiger partial charge in [0.05, 0.1) is 5.56 Å². The van der Waals surface area contributed by atoms with E-state index >= 15 is 0 Å². The van der Waals surface area contributed by atoms with Crippen molar-refractivity contribution in [3.63, 3.8) is 0 Å². The topological polar surface area (TPSA) is 66.8 Å². The molecule has 0 heterocycles. The lowest BCUT2D eigenvalue weighted by Gasteiger charge is -2.17. The van der Waals surface area contributed by atoms with Crippen LogP contribution in [0.5, 0.6) is 0 Å². The Kier molecular flexibility index (Phi) is 3.03. The molecule has 16 heavy (non-hydrogen) atoms. The first-order valence-corrected chi connectivity index (χ1v) is 4.99. The van der Waals surface area contributed by atoms with Crippen molar-refractivity contribution < 1.29 is 19.7 Å². The van der Waals surface area contributed by atoms with Gasteiger partial charge in [-0.3, -0.25) is 0 Å². The van der Waals surface area contributed by atoms with E-state index < -0.39 is 24.3 Å². The first-order chi connectivity index (χ1) is 7.68. The second-order valence-corrected chi connectivity index (χ2v) is 3.60. The number of ether oxygens (including phenoxy) is 1. The first kappa shape index (κ1) is 10.9. The van der Waals surface area contributed by atoms with Crippen LogP contribution >= 0.6 is 0 Å². The summed E-state index contributed by atoms with van der Waals surface area (Å²) in [7, 11) is 0. The standard InChI is InChI=1S/C12H12O4/c13-9-6-7-10(11(9)14)16-12(15)8-4-2-1-3-5-8/h1-7,9-11,13-14H/t9-,10+,11+/m0/s1. The van der Waals surface area contributed by atoms with Crippen molar-refractivity contribution in [3.05, 3.63) is 48.0 Å². The van der Waals surface area contributed by atoms with Gasteiger partial charge >= 0.3 is 5.97 Å². The molecule has 0 aromatic heterocycles. The highest BCUT2D eigenvalue weighted by Crippen LogP contribution is 2.16. The highest BCUT2D eigenvalue weighted by molar-refractivity contribution is 5.89. The molecule has 1 aliphatic rings. The average Bonchev–Trinajstić information content (AvgIpc) is 2.62. The van der Waals surface area contributed by atoms with Crippen LogP contribution in [-0.2, 0) is 4.74 Å². The number of esters is 1. The van der Waals surface area contributed by atoms with Gasteiger partial charge in [0, 0.05) is 0 Å². The van der Waals surface area contributed by atoms with Crippen molar-refractivity contribution >= 4 is 5.97 Å². The molecule has 1 aromatic carbocycles. The van der Waals surface area contributed by atoms with Crippen molar-refractivity contribution in [2.45, 2.75) is 18.3 Å². The fourth-order valence-corrected chi connectivity index (χ4v) is 1.52. The Labute approximate surface area is 92.8 Å². The third-order valence-electron chi connectivity index (χ3n) is 2.44. The van der Waals surface area contributed by atoms with Crippen LogP contribution in [0.3, 0.4) is 0 Å². The SMILES string of the molecule is O=C(O[C@@H]1C=C[C@H](O)[C@H]1O)c1ccccc1. The highest BCUT2D eigenvalue weighted by Gasteiger charge is 2.31. The fourth-order valence-electron chi connectivity index (χ4n) is 1.52. The summed E-state index contributed by atoms with van der Waals surface area (Å²) in [6, 6.07) is 8.51. The zero-order chi connectivity index (χ0) is 11.5. The summed E-state index contributed by atoms with van der Waals surface area (Å²) < 4.78 is 5.04. The molecule has 3 atom stereocenters. The van der Waals surface area contributed by atoms with Gasteiger partial charge in [-0.05, 0) is 18.2 Å². The Hall–Kier alpha value is -1.65. The van der Waals surface area contributed by atoms with Crippen LogP contribution in [0.15, 0.2) is 42.5 Å². The largest absolute Gasteiger partial charge is 0.452 e. The van der Waals surface area contributed by atoms with Gasteiger partial charge < -0.3 is 14.9 Å². The maximum Gasteiger partial charge on any atom is 0.338 e. The van der Waals surface area contributed by atoms with Gasteiger partial charge in [0.15, 0.2) is 0 Å². The van der Waals surface area contributed by atoms with Gasteiger partial charge in [-0.1, -0.05) is 24.3 Å². The molecule has 2 N–H and O–H groups in total. The Morgan fingerprint density at radius 2 is 1.81 bits per heavy atom. The highest BCUT2D eigenvalue weighted by atomic mass is 16.6. The van der Waals surface area contributed by atoms with E-state index in [1.807, 2.05) is 0 Å². The molecule has 4 heteroatoms. The first-order valence-electron chi connectivity index (χ1n) is 4.99. The van der Waals surface area contributed by atoms with Crippen molar-refractivity contribution in [1.29, 1.82) is 0 Å². The Morgan fingerprint density at radius 1 is 1.12 bits per heavy atom. The molecule has 0 bridgehead atoms. The number of carbonyl (C=O) groups excluding carboxylic acids is 1. The minimum Gasteiger partial charge on any atom is -0.452 e. The van der Waals surface area contributed by atoms with Crippen LogP contribution in [0.25, 0.3) is 0 Å². The molecule has 0 amide bonds. The minimum absolute atomic E-state index is 0.421. The monoisotopic (exact) mass is 220 g/mol. The quantitative estimate of drug-likeness (QED) is 0.562. The maximum absolute atomic E-state index is 11.6. The summed E-state index contributed by atoms with van der Waals surface area (Å²) in [5, 5.41) is 18.7. The van der Waals surface area contributed by atoms with Crippen LogP contribution in [0.1, 0.15) is 10.4 Å². The summed E-state index contributed by atoms with van der Waals surface area (Å²) in [5.74, 6) is -0.511. The van der Waals surface area contributed by atoms with E-state index in [1.165, 1.54) is 12.2 Å². The number of hydrogen-bond acceptors (Lipinski definition) is 4. The van der Waals surface area contributed by atoms with E-state index in [9.17, 15) is 15.0 Å². The molecule has 4 nitrogen and oxygen atoms in total. The Bertz CT molecular complexity index is 399. The van der Waals surface area contributed by atoms with E-state index in [1.54, 1.807) is 30.3 Å². The van der Waals surface area contributed by atoms with Crippen molar-refractivity contribution in [2.75, 3.05) is 0 Å². The zero-order valence-electron chi connectivity index (χ0n) is 8.48. The van der Waals surface area contributed by atoms with Crippen molar-refractivity contribution in [3.8, 4) is 0 Å². The van der Waals surface area contributed by atoms with Gasteiger partial charge in [-0.25, -0.2) is 4.79 Å². The predicted molar refractivity (Wildman–Crippen MR) is 56.8 cm³/mol. The minimum atomic E-state index is -1.08. The van der Waals surface area contributed by atoms with Gasteiger partial charge in [0.25, 0.3) is 0 Å². The molecule has 0 spiro atoms. The molecule has 0 fully saturated rings. The second kappa shape index (κ2) is 4.47. The number of benzene rings is 1. The van der Waals surface area contributed by atoms with Gasteiger partial charge in [-0.2, -0.15) is 0 Å². The summed E-state index contributed by atoms with van der Waals surface area (Å²) in [6.07, 6.45) is 0.0768. The molecule has 0 saturated carbocycles. The number of aliphatic hydroxyl groups excluding tert-OH is 2. The van der Waals surface area contributed by atoms with Crippen LogP contribution in [0.4, 0.5) is 0 Å². The fraction of sp³-hybridized carbons (Fsp3) is 0.250. The van der Waals surface area contributed by atoms with Crippen molar-refractivity contribution in [1.82, 2.24) is 0 Å². The zero-order valence-corrected chi connectivity index (χ0v) is 8.48. The van der Waals surface area contributed by atoms with Crippen molar-refractivity contribution in [2.24, 2.45) is 0 Å². The van der Waals surface area contributed by atoms with Crippen LogP contribution in [-0.4, -0.2) is 34.5 Å². The number of hydrogen-bond donors (Lipinski definition) is 2. The van der Waals surface area contributed by atoms with E-state index in [-0.39, 0.29) is 0 Å². The lowest BCUT2D eigenvalue weighted by atomic mass is 10.2. The van der Waals surface area contributed by atoms with E-state index in [0.717, 1.165) is 0 Å². The molecule has 0 radical (unpaired) electrons. The van der Waals surface area contributed by atoms with Gasteiger partial charge in [0.1, 0.15) is 18.3 Å². The van der Waals surface area contributed by atoms with Crippen LogP contribution < -0.4 is 0 Å². The van der Waals surface area contributed by atoms with E-state index in [2.05, 4.69) is 0 Å². The number of aliphatic hydroxyl groups is 2. The van der Waals surface area contributed by atoms with Gasteiger partial charge in [-0.15, -0.1) is 0 Å². The Morgan fingerprint density at radius 3 is 2.38 bits per heavy atom. The molecule has 0 aliphatic heterocycles. The molecule has 2 rings (SSSR count). The normalized spacial score (nSPS) is 28.0. The third kappa shape index (κ3) is 2.13. The molecule has 0 unspecified atom stereocenters. The molecular weight excluding hydrogens is 208 g/mol. The molecule has 1 aliphatic carbocycles. The lowest BCUT2D eigenvalue weighted by Crippen LogP contribution is -2.33. The van der Waals surface area contributed by atoms with E-state index in [4.69, 9.17) is 4.74 Å². The smallest absolute Gasteiger partial charge is 0.338 e. The molecule has 1 aromatic rings. The lowest BCUT2D eigenvalue weighted by molar-refractivity contribution is -0.0278. The molecule has 0 saturated heterocycles. The molecule has 84 valence electrons. The van der Waals surface area contributed by atoms with Gasteiger partial charge in [0.2, 0.25) is 0 Å². The summed E-state index contributed by atoms with van der Waals surface area (Å²) in [4.78, 5) is 11.6. The Balaban J connectivity index is 2.01. The number of carbonyl (C=O) groups is 1. The second-order valence-electron chi connectivity index (χ2n) is 3.60. The van der Waals surface area contributed by atoms with E-state index in [0.29, 0.717) is 5.56 Å². The predicted octanol–water partition coefficient (Wildman–Crippen LogP) is 0.504. The third-order valence-corrected chi connectivity index (χ3v) is 2.44. The number of rotatable bonds is 2. The summed E-state index contributed by atoms with van der Waals surface area (Å²) in [6.45, 7) is 0. The summed E-state index contributed by atoms with van der Waals surface area (Å²) >= 11 is 0. The molecular formula is C12H12O4. The van der Waals surface area contributed by atoms with Crippen LogP contribution in [0, 0.1) is 0 Å². The summed E-state index contributed by atoms with van der Waals surface area (Å²) in [5.41, 5.74) is 0.421.